The van der Waals surface area contributed by atoms with Crippen LogP contribution in [0.15, 0.2) is 6.33 Å². The molecule has 0 aromatic carbocycles. The lowest BCUT2D eigenvalue weighted by Gasteiger charge is -2.05. The summed E-state index contributed by atoms with van der Waals surface area (Å²) in [6.45, 7) is 0.551. The van der Waals surface area contributed by atoms with Gasteiger partial charge in [0.15, 0.2) is 5.82 Å². The lowest BCUT2D eigenvalue weighted by Crippen LogP contribution is -2.25. The molecular weight excluding hydrogens is 208 g/mol. The molecule has 6 heteroatoms. The number of aromatic nitrogens is 3. The molecule has 1 amide bonds. The monoisotopic (exact) mass is 224 g/mol. The molecule has 0 atom stereocenters. The second kappa shape index (κ2) is 5.07. The summed E-state index contributed by atoms with van der Waals surface area (Å²) in [5, 5.41) is 19.3. The molecule has 1 aliphatic carbocycles. The number of hydrogen-bond acceptors (Lipinski definition) is 4. The number of nitrogens with one attached hydrogen (secondary N) is 1. The molecule has 0 bridgehead atoms. The molecule has 2 N–H and O–H groups in total. The average Bonchev–Trinajstić information content (AvgIpc) is 2.96. The fourth-order valence-corrected chi connectivity index (χ4v) is 1.53. The van der Waals surface area contributed by atoms with Crippen molar-refractivity contribution in [3.05, 3.63) is 12.2 Å². The summed E-state index contributed by atoms with van der Waals surface area (Å²) in [5.41, 5.74) is 0. The number of carbonyl (C=O) groups is 1. The van der Waals surface area contributed by atoms with E-state index in [-0.39, 0.29) is 12.5 Å². The first-order valence-corrected chi connectivity index (χ1v) is 5.56. The van der Waals surface area contributed by atoms with Gasteiger partial charge in [-0.05, 0) is 19.3 Å². The van der Waals surface area contributed by atoms with Crippen molar-refractivity contribution in [3.8, 4) is 0 Å². The third-order valence-corrected chi connectivity index (χ3v) is 2.58. The van der Waals surface area contributed by atoms with Crippen LogP contribution in [0.5, 0.6) is 0 Å². The van der Waals surface area contributed by atoms with E-state index in [4.69, 9.17) is 5.11 Å². The Morgan fingerprint density at radius 1 is 1.62 bits per heavy atom. The summed E-state index contributed by atoms with van der Waals surface area (Å²) < 4.78 is 1.77. The number of amides is 1. The summed E-state index contributed by atoms with van der Waals surface area (Å²) in [6, 6.07) is 0.426. The van der Waals surface area contributed by atoms with E-state index < -0.39 is 0 Å². The van der Waals surface area contributed by atoms with E-state index in [9.17, 15) is 4.79 Å². The quantitative estimate of drug-likeness (QED) is 0.703. The topological polar surface area (TPSA) is 80.0 Å². The lowest BCUT2D eigenvalue weighted by atomic mass is 10.3. The van der Waals surface area contributed by atoms with Gasteiger partial charge >= 0.3 is 0 Å². The molecule has 0 radical (unpaired) electrons. The summed E-state index contributed by atoms with van der Waals surface area (Å²) >= 11 is 0. The van der Waals surface area contributed by atoms with Crippen LogP contribution in [0.4, 0.5) is 0 Å². The van der Waals surface area contributed by atoms with Crippen molar-refractivity contribution in [1.82, 2.24) is 20.1 Å². The Morgan fingerprint density at radius 3 is 3.12 bits per heavy atom. The van der Waals surface area contributed by atoms with Crippen molar-refractivity contribution in [2.45, 2.75) is 44.9 Å². The van der Waals surface area contributed by atoms with Gasteiger partial charge in [0.2, 0.25) is 5.91 Å². The van der Waals surface area contributed by atoms with E-state index in [0.717, 1.165) is 19.3 Å². The second-order valence-electron chi connectivity index (χ2n) is 4.04. The van der Waals surface area contributed by atoms with Crippen molar-refractivity contribution in [1.29, 1.82) is 0 Å². The van der Waals surface area contributed by atoms with Gasteiger partial charge < -0.3 is 15.0 Å². The van der Waals surface area contributed by atoms with Crippen LogP contribution < -0.4 is 5.32 Å². The van der Waals surface area contributed by atoms with E-state index in [1.807, 2.05) is 0 Å². The standard InChI is InChI=1S/C10H16N4O2/c15-6-9-13-11-7-14(9)5-1-2-10(16)12-8-3-4-8/h7-8,15H,1-6H2,(H,12,16). The number of aliphatic hydroxyl groups excluding tert-OH is 1. The molecule has 2 rings (SSSR count). The molecule has 1 heterocycles. The van der Waals surface area contributed by atoms with Crippen LogP contribution in [0.3, 0.4) is 0 Å². The first kappa shape index (κ1) is 11.1. The largest absolute Gasteiger partial charge is 0.388 e. The van der Waals surface area contributed by atoms with Gasteiger partial charge in [-0.15, -0.1) is 10.2 Å². The molecule has 1 fully saturated rings. The third kappa shape index (κ3) is 3.03. The van der Waals surface area contributed by atoms with Crippen molar-refractivity contribution in [2.75, 3.05) is 0 Å². The van der Waals surface area contributed by atoms with Crippen molar-refractivity contribution < 1.29 is 9.90 Å². The molecule has 1 aliphatic rings. The SMILES string of the molecule is O=C(CCCn1cnnc1CO)NC1CC1. The van der Waals surface area contributed by atoms with Crippen LogP contribution in [0.1, 0.15) is 31.5 Å². The highest BCUT2D eigenvalue weighted by Gasteiger charge is 2.22. The van der Waals surface area contributed by atoms with Crippen molar-refractivity contribution in [2.24, 2.45) is 0 Å². The minimum absolute atomic E-state index is 0.112. The predicted molar refractivity (Wildman–Crippen MR) is 56.3 cm³/mol. The van der Waals surface area contributed by atoms with E-state index in [1.54, 1.807) is 10.9 Å². The van der Waals surface area contributed by atoms with Gasteiger partial charge in [-0.2, -0.15) is 0 Å². The highest BCUT2D eigenvalue weighted by molar-refractivity contribution is 5.76. The Labute approximate surface area is 93.7 Å². The lowest BCUT2D eigenvalue weighted by molar-refractivity contribution is -0.121. The van der Waals surface area contributed by atoms with E-state index >= 15 is 0 Å². The fraction of sp³-hybridized carbons (Fsp3) is 0.700. The Balaban J connectivity index is 1.68. The number of hydrogen-bond donors (Lipinski definition) is 2. The maximum atomic E-state index is 11.4. The van der Waals surface area contributed by atoms with Gasteiger partial charge in [0, 0.05) is 19.0 Å². The van der Waals surface area contributed by atoms with Gasteiger partial charge in [-0.25, -0.2) is 0 Å². The first-order chi connectivity index (χ1) is 7.79. The van der Waals surface area contributed by atoms with Crippen molar-refractivity contribution in [3.63, 3.8) is 0 Å². The van der Waals surface area contributed by atoms with Crippen LogP contribution in [0, 0.1) is 0 Å². The zero-order chi connectivity index (χ0) is 11.4. The van der Waals surface area contributed by atoms with Gasteiger partial charge in [0.05, 0.1) is 0 Å². The number of aliphatic hydroxyl groups is 1. The smallest absolute Gasteiger partial charge is 0.220 e. The molecule has 0 aliphatic heterocycles. The van der Waals surface area contributed by atoms with Gasteiger partial charge in [0.25, 0.3) is 0 Å². The molecule has 1 aromatic heterocycles. The normalized spacial score (nSPS) is 15.1. The average molecular weight is 224 g/mol. The number of nitrogens with zero attached hydrogens (tertiary/aromatic N) is 3. The number of aryl methyl sites for hydroxylation is 1. The Bertz CT molecular complexity index is 359. The summed E-state index contributed by atoms with van der Waals surface area (Å²) in [6.07, 6.45) is 5.06. The maximum Gasteiger partial charge on any atom is 0.220 e. The molecular formula is C10H16N4O2. The van der Waals surface area contributed by atoms with Crippen LogP contribution in [-0.2, 0) is 17.9 Å². The molecule has 0 spiro atoms. The molecule has 0 unspecified atom stereocenters. The van der Waals surface area contributed by atoms with Gasteiger partial charge in [-0.1, -0.05) is 0 Å². The van der Waals surface area contributed by atoms with E-state index in [2.05, 4.69) is 15.5 Å². The Kier molecular flexibility index (Phi) is 3.51. The van der Waals surface area contributed by atoms with Gasteiger partial charge in [0.1, 0.15) is 12.9 Å². The molecule has 16 heavy (non-hydrogen) atoms. The van der Waals surface area contributed by atoms with Crippen molar-refractivity contribution >= 4 is 5.91 Å². The van der Waals surface area contributed by atoms with Crippen LogP contribution in [-0.4, -0.2) is 31.8 Å². The van der Waals surface area contributed by atoms with E-state index in [0.29, 0.717) is 24.8 Å². The zero-order valence-corrected chi connectivity index (χ0v) is 9.09. The highest BCUT2D eigenvalue weighted by atomic mass is 16.3. The highest BCUT2D eigenvalue weighted by Crippen LogP contribution is 2.18. The first-order valence-electron chi connectivity index (χ1n) is 5.56. The molecule has 0 saturated heterocycles. The summed E-state index contributed by atoms with van der Waals surface area (Å²) in [4.78, 5) is 11.4. The Hall–Kier alpha value is -1.43. The molecule has 6 nitrogen and oxygen atoms in total. The minimum Gasteiger partial charge on any atom is -0.388 e. The summed E-state index contributed by atoms with van der Waals surface area (Å²) in [5.74, 6) is 0.656. The zero-order valence-electron chi connectivity index (χ0n) is 9.09. The summed E-state index contributed by atoms with van der Waals surface area (Å²) in [7, 11) is 0. The number of carbonyl (C=O) groups excluding carboxylic acids is 1. The number of rotatable bonds is 6. The minimum atomic E-state index is -0.117. The van der Waals surface area contributed by atoms with Crippen LogP contribution in [0.25, 0.3) is 0 Å². The van der Waals surface area contributed by atoms with E-state index in [1.165, 1.54) is 0 Å². The Morgan fingerprint density at radius 2 is 2.44 bits per heavy atom. The second-order valence-corrected chi connectivity index (χ2v) is 4.04. The molecule has 1 aromatic rings. The fourth-order valence-electron chi connectivity index (χ4n) is 1.53. The maximum absolute atomic E-state index is 11.4. The van der Waals surface area contributed by atoms with Gasteiger partial charge in [-0.3, -0.25) is 4.79 Å². The third-order valence-electron chi connectivity index (χ3n) is 2.58. The molecule has 88 valence electrons. The van der Waals surface area contributed by atoms with Crippen LogP contribution in [0.2, 0.25) is 0 Å². The predicted octanol–water partition coefficient (Wildman–Crippen LogP) is -0.171. The van der Waals surface area contributed by atoms with Crippen LogP contribution >= 0.6 is 0 Å². The molecule has 1 saturated carbocycles.